The maximum Gasteiger partial charge on any atom is 0.326 e. The first-order chi connectivity index (χ1) is 18.6. The number of carbonyl (C=O) groups is 2. The van der Waals surface area contributed by atoms with Gasteiger partial charge >= 0.3 is 5.97 Å². The third-order valence-corrected chi connectivity index (χ3v) is 7.49. The van der Waals surface area contributed by atoms with Crippen molar-refractivity contribution in [3.05, 3.63) is 104 Å². The van der Waals surface area contributed by atoms with E-state index in [2.05, 4.69) is 5.32 Å². The Morgan fingerprint density at radius 1 is 1.03 bits per heavy atom. The van der Waals surface area contributed by atoms with Crippen molar-refractivity contribution in [2.45, 2.75) is 38.6 Å². The van der Waals surface area contributed by atoms with Gasteiger partial charge in [0, 0.05) is 18.9 Å². The van der Waals surface area contributed by atoms with Crippen LogP contribution in [0.4, 0.5) is 13.2 Å². The average Bonchev–Trinajstić information content (AvgIpc) is 3.38. The van der Waals surface area contributed by atoms with Gasteiger partial charge in [0.2, 0.25) is 0 Å². The van der Waals surface area contributed by atoms with Crippen LogP contribution < -0.4 is 10.9 Å². The largest absolute Gasteiger partial charge is 0.480 e. The Kier molecular flexibility index (Phi) is 6.76. The van der Waals surface area contributed by atoms with E-state index in [-0.39, 0.29) is 12.0 Å². The minimum atomic E-state index is -1.44. The van der Waals surface area contributed by atoms with Crippen LogP contribution in [0.5, 0.6) is 0 Å². The summed E-state index contributed by atoms with van der Waals surface area (Å²) in [5, 5.41) is 12.7. The van der Waals surface area contributed by atoms with E-state index in [9.17, 15) is 32.7 Å². The lowest BCUT2D eigenvalue weighted by Gasteiger charge is -2.20. The van der Waals surface area contributed by atoms with Crippen LogP contribution in [0.2, 0.25) is 0 Å². The van der Waals surface area contributed by atoms with Crippen molar-refractivity contribution in [2.24, 2.45) is 7.05 Å². The summed E-state index contributed by atoms with van der Waals surface area (Å²) in [4.78, 5) is 38.0. The van der Waals surface area contributed by atoms with Gasteiger partial charge in [0.1, 0.15) is 29.1 Å². The summed E-state index contributed by atoms with van der Waals surface area (Å²) in [6, 6.07) is 9.29. The summed E-state index contributed by atoms with van der Waals surface area (Å²) in [6.07, 6.45) is 1.97. The highest BCUT2D eigenvalue weighted by Crippen LogP contribution is 2.37. The smallest absolute Gasteiger partial charge is 0.326 e. The number of halogens is 3. The van der Waals surface area contributed by atoms with Crippen molar-refractivity contribution in [2.75, 3.05) is 0 Å². The molecule has 39 heavy (non-hydrogen) atoms. The van der Waals surface area contributed by atoms with Crippen molar-refractivity contribution < 1.29 is 27.9 Å². The molecule has 1 aliphatic rings. The van der Waals surface area contributed by atoms with Gasteiger partial charge in [0.25, 0.3) is 11.5 Å². The first kappa shape index (κ1) is 26.2. The fourth-order valence-corrected chi connectivity index (χ4v) is 5.56. The molecule has 0 bridgehead atoms. The van der Waals surface area contributed by atoms with Crippen LogP contribution in [-0.2, 0) is 31.1 Å². The molecule has 0 saturated carbocycles. The molecule has 0 aliphatic heterocycles. The van der Waals surface area contributed by atoms with Gasteiger partial charge in [0.15, 0.2) is 0 Å². The van der Waals surface area contributed by atoms with Crippen LogP contribution in [0, 0.1) is 24.4 Å². The van der Waals surface area contributed by atoms with Crippen LogP contribution in [0.15, 0.2) is 53.3 Å². The maximum absolute atomic E-state index is 14.1. The molecule has 1 atom stereocenters. The molecular weight excluding hydrogens is 509 g/mol. The number of carboxylic acids is 1. The molecule has 0 spiro atoms. The predicted molar refractivity (Wildman–Crippen MR) is 140 cm³/mol. The van der Waals surface area contributed by atoms with Gasteiger partial charge in [-0.3, -0.25) is 9.59 Å². The van der Waals surface area contributed by atoms with E-state index in [4.69, 9.17) is 0 Å². The number of rotatable bonds is 6. The van der Waals surface area contributed by atoms with Gasteiger partial charge in [-0.15, -0.1) is 0 Å². The fourth-order valence-electron chi connectivity index (χ4n) is 5.56. The Morgan fingerprint density at radius 3 is 2.41 bits per heavy atom. The van der Waals surface area contributed by atoms with Crippen molar-refractivity contribution in [1.82, 2.24) is 9.88 Å². The molecule has 6 nitrogen and oxygen atoms in total. The second-order valence-corrected chi connectivity index (χ2v) is 9.77. The molecule has 2 N–H and O–H groups in total. The van der Waals surface area contributed by atoms with E-state index in [1.165, 1.54) is 16.7 Å². The number of amides is 1. The van der Waals surface area contributed by atoms with Crippen LogP contribution in [0.25, 0.3) is 22.0 Å². The van der Waals surface area contributed by atoms with Gasteiger partial charge in [-0.05, 0) is 84.3 Å². The highest BCUT2D eigenvalue weighted by atomic mass is 19.1. The molecular formula is C30H25F3N2O4. The number of carboxylic acid groups (broad SMARTS) is 1. The quantitative estimate of drug-likeness (QED) is 0.371. The molecule has 9 heteroatoms. The maximum atomic E-state index is 14.1. The molecule has 200 valence electrons. The molecule has 0 unspecified atom stereocenters. The van der Waals surface area contributed by atoms with Gasteiger partial charge < -0.3 is 15.0 Å². The summed E-state index contributed by atoms with van der Waals surface area (Å²) < 4.78 is 43.7. The van der Waals surface area contributed by atoms with E-state index in [0.717, 1.165) is 35.7 Å². The van der Waals surface area contributed by atoms with E-state index in [1.807, 2.05) is 0 Å². The molecule has 5 rings (SSSR count). The third-order valence-electron chi connectivity index (χ3n) is 7.49. The highest BCUT2D eigenvalue weighted by Gasteiger charge is 2.28. The number of carbonyl (C=O) groups excluding carboxylic acids is 1. The summed E-state index contributed by atoms with van der Waals surface area (Å²) in [5.74, 6) is -5.10. The van der Waals surface area contributed by atoms with Gasteiger partial charge in [-0.25, -0.2) is 18.0 Å². The van der Waals surface area contributed by atoms with Gasteiger partial charge in [-0.2, -0.15) is 0 Å². The predicted octanol–water partition coefficient (Wildman–Crippen LogP) is 4.85. The van der Waals surface area contributed by atoms with Gasteiger partial charge in [-0.1, -0.05) is 18.2 Å². The molecule has 3 aromatic carbocycles. The summed E-state index contributed by atoms with van der Waals surface area (Å²) >= 11 is 0. The highest BCUT2D eigenvalue weighted by molar-refractivity contribution is 5.97. The van der Waals surface area contributed by atoms with E-state index in [0.29, 0.717) is 46.0 Å². The van der Waals surface area contributed by atoms with Crippen LogP contribution >= 0.6 is 0 Å². The zero-order valence-corrected chi connectivity index (χ0v) is 21.3. The normalized spacial score (nSPS) is 13.4. The SMILES string of the molecule is Cc1c(-c2ccc(C[C@H](NC(=O)c3c(F)cccc3F)C(=O)O)c3c2CCC3)c(=O)n(C)c2ccc(F)cc12. The zero-order valence-electron chi connectivity index (χ0n) is 21.3. The number of hydrogen-bond donors (Lipinski definition) is 2. The molecule has 0 saturated heterocycles. The fraction of sp³-hybridized carbons (Fsp3) is 0.233. The number of pyridine rings is 1. The Morgan fingerprint density at radius 2 is 1.72 bits per heavy atom. The Bertz CT molecular complexity index is 1710. The number of nitrogens with zero attached hydrogens (tertiary/aromatic N) is 1. The molecule has 1 amide bonds. The lowest BCUT2D eigenvalue weighted by atomic mass is 9.89. The number of aryl methyl sites for hydroxylation is 2. The summed E-state index contributed by atoms with van der Waals surface area (Å²) in [7, 11) is 1.64. The topological polar surface area (TPSA) is 88.4 Å². The van der Waals surface area contributed by atoms with Gasteiger partial charge in [0.05, 0.1) is 11.1 Å². The van der Waals surface area contributed by atoms with E-state index < -0.39 is 40.9 Å². The number of fused-ring (bicyclic) bond motifs is 2. The lowest BCUT2D eigenvalue weighted by molar-refractivity contribution is -0.139. The zero-order chi connectivity index (χ0) is 28.0. The van der Waals surface area contributed by atoms with Crippen molar-refractivity contribution >= 4 is 22.8 Å². The van der Waals surface area contributed by atoms with Crippen LogP contribution in [-0.4, -0.2) is 27.6 Å². The summed E-state index contributed by atoms with van der Waals surface area (Å²) in [5.41, 5.74) is 3.80. The molecule has 0 radical (unpaired) electrons. The minimum absolute atomic E-state index is 0.111. The second-order valence-electron chi connectivity index (χ2n) is 9.77. The second kappa shape index (κ2) is 10.1. The first-order valence-electron chi connectivity index (χ1n) is 12.5. The molecule has 1 heterocycles. The van der Waals surface area contributed by atoms with E-state index in [1.54, 1.807) is 32.2 Å². The Labute approximate surface area is 221 Å². The number of aliphatic carboxylic acids is 1. The molecule has 1 aliphatic carbocycles. The standard InChI is InChI=1S/C30H25F3N2O4/c1-15-21-14-17(31)10-12-25(21)35(2)29(37)26(15)20-11-9-16(18-5-3-6-19(18)20)13-24(30(38)39)34-28(36)27-22(32)7-4-8-23(27)33/h4,7-12,14,24H,3,5-6,13H2,1-2H3,(H,34,36)(H,38,39)/t24-/m0/s1. The first-order valence-corrected chi connectivity index (χ1v) is 12.5. The Hall–Kier alpha value is -4.40. The van der Waals surface area contributed by atoms with E-state index >= 15 is 0 Å². The summed E-state index contributed by atoms with van der Waals surface area (Å²) in [6.45, 7) is 1.78. The molecule has 4 aromatic rings. The molecule has 1 aromatic heterocycles. The lowest BCUT2D eigenvalue weighted by Crippen LogP contribution is -2.43. The minimum Gasteiger partial charge on any atom is -0.480 e. The van der Waals surface area contributed by atoms with Crippen LogP contribution in [0.1, 0.15) is 39.0 Å². The average molecular weight is 535 g/mol. The third kappa shape index (κ3) is 4.58. The number of benzene rings is 3. The number of aromatic nitrogens is 1. The monoisotopic (exact) mass is 534 g/mol. The van der Waals surface area contributed by atoms with Crippen molar-refractivity contribution in [3.63, 3.8) is 0 Å². The Balaban J connectivity index is 1.54. The van der Waals surface area contributed by atoms with Crippen molar-refractivity contribution in [3.8, 4) is 11.1 Å². The number of nitrogens with one attached hydrogen (secondary N) is 1. The van der Waals surface area contributed by atoms with Crippen LogP contribution in [0.3, 0.4) is 0 Å². The molecule has 0 fully saturated rings. The van der Waals surface area contributed by atoms with Crippen molar-refractivity contribution in [1.29, 1.82) is 0 Å². The number of hydrogen-bond acceptors (Lipinski definition) is 3.